The molecule has 0 saturated heterocycles. The predicted molar refractivity (Wildman–Crippen MR) is 70.4 cm³/mol. The summed E-state index contributed by atoms with van der Waals surface area (Å²) in [6, 6.07) is 9.63. The Morgan fingerprint density at radius 2 is 2.00 bits per heavy atom. The quantitative estimate of drug-likeness (QED) is 0.792. The van der Waals surface area contributed by atoms with Gasteiger partial charge in [0.25, 0.3) is 5.22 Å². The Kier molecular flexibility index (Phi) is 2.99. The van der Waals surface area contributed by atoms with E-state index in [1.807, 2.05) is 35.7 Å². The number of anilines is 1. The lowest BCUT2D eigenvalue weighted by molar-refractivity contribution is 0.465. The molecule has 0 saturated carbocycles. The molecule has 0 spiro atoms. The van der Waals surface area contributed by atoms with Crippen LogP contribution in [-0.2, 0) is 0 Å². The van der Waals surface area contributed by atoms with Crippen molar-refractivity contribution in [1.29, 1.82) is 0 Å². The van der Waals surface area contributed by atoms with E-state index in [2.05, 4.69) is 15.2 Å². The first-order valence-electron chi connectivity index (χ1n) is 5.09. The van der Waals surface area contributed by atoms with Crippen LogP contribution in [-0.4, -0.2) is 15.2 Å². The van der Waals surface area contributed by atoms with Gasteiger partial charge in [-0.05, 0) is 23.9 Å². The minimum absolute atomic E-state index is 0.458. The van der Waals surface area contributed by atoms with E-state index < -0.39 is 0 Å². The van der Waals surface area contributed by atoms with E-state index in [1.54, 1.807) is 0 Å². The SMILES string of the molecule is Nc1nc(Sc2nnc(-c3ccccc3)o2)cs1. The van der Waals surface area contributed by atoms with Gasteiger partial charge in [-0.2, -0.15) is 0 Å². The highest BCUT2D eigenvalue weighted by atomic mass is 32.2. The van der Waals surface area contributed by atoms with Crippen LogP contribution < -0.4 is 5.73 Å². The van der Waals surface area contributed by atoms with E-state index in [1.165, 1.54) is 23.1 Å². The fraction of sp³-hybridized carbons (Fsp3) is 0. The summed E-state index contributed by atoms with van der Waals surface area (Å²) in [6.07, 6.45) is 0. The Hall–Kier alpha value is -1.86. The van der Waals surface area contributed by atoms with Gasteiger partial charge in [0.05, 0.1) is 0 Å². The van der Waals surface area contributed by atoms with Crippen molar-refractivity contribution in [3.8, 4) is 11.5 Å². The summed E-state index contributed by atoms with van der Waals surface area (Å²) in [6.45, 7) is 0. The van der Waals surface area contributed by atoms with Crippen molar-refractivity contribution in [2.24, 2.45) is 0 Å². The minimum Gasteiger partial charge on any atom is -0.411 e. The molecule has 3 aromatic rings. The molecule has 0 aliphatic heterocycles. The topological polar surface area (TPSA) is 77.8 Å². The Morgan fingerprint density at radius 1 is 1.17 bits per heavy atom. The van der Waals surface area contributed by atoms with Crippen molar-refractivity contribution in [3.63, 3.8) is 0 Å². The number of benzene rings is 1. The number of aromatic nitrogens is 3. The van der Waals surface area contributed by atoms with Gasteiger partial charge in [0, 0.05) is 10.9 Å². The second-order valence-electron chi connectivity index (χ2n) is 3.37. The Labute approximate surface area is 111 Å². The molecule has 0 fully saturated rings. The highest BCUT2D eigenvalue weighted by Gasteiger charge is 2.11. The Bertz CT molecular complexity index is 650. The van der Waals surface area contributed by atoms with Gasteiger partial charge in [-0.1, -0.05) is 18.2 Å². The van der Waals surface area contributed by atoms with Crippen LogP contribution in [0.25, 0.3) is 11.5 Å². The third-order valence-corrected chi connectivity index (χ3v) is 3.70. The number of rotatable bonds is 3. The number of nitrogens with two attached hydrogens (primary N) is 1. The third kappa shape index (κ3) is 2.36. The van der Waals surface area contributed by atoms with Crippen molar-refractivity contribution >= 4 is 28.2 Å². The molecule has 3 rings (SSSR count). The molecule has 7 heteroatoms. The second-order valence-corrected chi connectivity index (χ2v) is 5.23. The maximum atomic E-state index is 5.56. The van der Waals surface area contributed by atoms with Gasteiger partial charge in [0.1, 0.15) is 5.03 Å². The highest BCUT2D eigenvalue weighted by Crippen LogP contribution is 2.30. The molecule has 0 aliphatic rings. The molecule has 90 valence electrons. The lowest BCUT2D eigenvalue weighted by Crippen LogP contribution is -1.80. The van der Waals surface area contributed by atoms with Gasteiger partial charge in [0.15, 0.2) is 5.13 Å². The van der Waals surface area contributed by atoms with Crippen LogP contribution in [0.4, 0.5) is 5.13 Å². The summed E-state index contributed by atoms with van der Waals surface area (Å²) in [5.41, 5.74) is 6.45. The first-order valence-corrected chi connectivity index (χ1v) is 6.78. The van der Waals surface area contributed by atoms with Gasteiger partial charge < -0.3 is 10.2 Å². The summed E-state index contributed by atoms with van der Waals surface area (Å²) in [4.78, 5) is 4.12. The number of hydrogen-bond acceptors (Lipinski definition) is 7. The van der Waals surface area contributed by atoms with Crippen LogP contribution >= 0.6 is 23.1 Å². The molecule has 1 aromatic carbocycles. The zero-order valence-electron chi connectivity index (χ0n) is 9.11. The fourth-order valence-corrected chi connectivity index (χ4v) is 2.70. The number of hydrogen-bond donors (Lipinski definition) is 1. The molecule has 0 atom stereocenters. The molecule has 5 nitrogen and oxygen atoms in total. The molecule has 2 heterocycles. The molecule has 0 aliphatic carbocycles. The molecular formula is C11H8N4OS2. The summed E-state index contributed by atoms with van der Waals surface area (Å²) in [7, 11) is 0. The second kappa shape index (κ2) is 4.79. The maximum Gasteiger partial charge on any atom is 0.283 e. The van der Waals surface area contributed by atoms with E-state index in [0.717, 1.165) is 10.6 Å². The number of nitrogens with zero attached hydrogens (tertiary/aromatic N) is 3. The number of thiazole rings is 1. The van der Waals surface area contributed by atoms with Crippen LogP contribution in [0.1, 0.15) is 0 Å². The molecule has 0 bridgehead atoms. The molecular weight excluding hydrogens is 268 g/mol. The standard InChI is InChI=1S/C11H8N4OS2/c12-10-13-8(6-17-10)18-11-15-14-9(16-11)7-4-2-1-3-5-7/h1-6H,(H2,12,13). The summed E-state index contributed by atoms with van der Waals surface area (Å²) in [5, 5.41) is 11.6. The molecule has 0 radical (unpaired) electrons. The van der Waals surface area contributed by atoms with Crippen LogP contribution in [0.5, 0.6) is 0 Å². The largest absolute Gasteiger partial charge is 0.411 e. The predicted octanol–water partition coefficient (Wildman–Crippen LogP) is 2.93. The first-order chi connectivity index (χ1) is 8.81. The van der Waals surface area contributed by atoms with E-state index in [0.29, 0.717) is 16.2 Å². The van der Waals surface area contributed by atoms with Crippen molar-refractivity contribution < 1.29 is 4.42 Å². The molecule has 2 N–H and O–H groups in total. The molecule has 2 aromatic heterocycles. The monoisotopic (exact) mass is 276 g/mol. The lowest BCUT2D eigenvalue weighted by Gasteiger charge is -1.92. The van der Waals surface area contributed by atoms with Gasteiger partial charge >= 0.3 is 0 Å². The van der Waals surface area contributed by atoms with Crippen LogP contribution in [0.2, 0.25) is 0 Å². The van der Waals surface area contributed by atoms with Gasteiger partial charge in [-0.3, -0.25) is 0 Å². The average molecular weight is 276 g/mol. The maximum absolute atomic E-state index is 5.56. The molecule has 18 heavy (non-hydrogen) atoms. The van der Waals surface area contributed by atoms with Crippen LogP contribution in [0, 0.1) is 0 Å². The van der Waals surface area contributed by atoms with Crippen LogP contribution in [0.15, 0.2) is 50.4 Å². The molecule has 0 amide bonds. The Balaban J connectivity index is 1.82. The van der Waals surface area contributed by atoms with E-state index in [-0.39, 0.29) is 0 Å². The molecule has 0 unspecified atom stereocenters. The van der Waals surface area contributed by atoms with Crippen molar-refractivity contribution in [1.82, 2.24) is 15.2 Å². The van der Waals surface area contributed by atoms with Crippen molar-refractivity contribution in [2.45, 2.75) is 10.2 Å². The van der Waals surface area contributed by atoms with E-state index in [4.69, 9.17) is 10.2 Å². The van der Waals surface area contributed by atoms with Crippen molar-refractivity contribution in [2.75, 3.05) is 5.73 Å². The summed E-state index contributed by atoms with van der Waals surface area (Å²) in [5.74, 6) is 0.501. The first kappa shape index (κ1) is 11.2. The zero-order valence-corrected chi connectivity index (χ0v) is 10.7. The third-order valence-electron chi connectivity index (χ3n) is 2.12. The van der Waals surface area contributed by atoms with E-state index >= 15 is 0 Å². The van der Waals surface area contributed by atoms with Crippen LogP contribution in [0.3, 0.4) is 0 Å². The van der Waals surface area contributed by atoms with Gasteiger partial charge in [-0.15, -0.1) is 21.5 Å². The summed E-state index contributed by atoms with van der Waals surface area (Å²) < 4.78 is 5.55. The van der Waals surface area contributed by atoms with Gasteiger partial charge in [0.2, 0.25) is 5.89 Å². The van der Waals surface area contributed by atoms with E-state index in [9.17, 15) is 0 Å². The highest BCUT2D eigenvalue weighted by molar-refractivity contribution is 7.99. The Morgan fingerprint density at radius 3 is 2.72 bits per heavy atom. The summed E-state index contributed by atoms with van der Waals surface area (Å²) >= 11 is 2.69. The smallest absolute Gasteiger partial charge is 0.283 e. The fourth-order valence-electron chi connectivity index (χ4n) is 1.36. The van der Waals surface area contributed by atoms with Gasteiger partial charge in [-0.25, -0.2) is 4.98 Å². The normalized spacial score (nSPS) is 10.7. The van der Waals surface area contributed by atoms with Crippen molar-refractivity contribution in [3.05, 3.63) is 35.7 Å². The average Bonchev–Trinajstić information content (AvgIpc) is 3.01. The number of nitrogen functional groups attached to an aromatic ring is 1. The minimum atomic E-state index is 0.458. The zero-order chi connectivity index (χ0) is 12.4. The lowest BCUT2D eigenvalue weighted by atomic mass is 10.2.